The van der Waals surface area contributed by atoms with E-state index in [0.29, 0.717) is 22.8 Å². The number of hydrogen-bond acceptors (Lipinski definition) is 4. The van der Waals surface area contributed by atoms with Crippen molar-refractivity contribution in [3.63, 3.8) is 0 Å². The molecule has 0 spiro atoms. The van der Waals surface area contributed by atoms with Gasteiger partial charge in [-0.2, -0.15) is 0 Å². The molecule has 0 saturated heterocycles. The predicted octanol–water partition coefficient (Wildman–Crippen LogP) is 4.29. The molecule has 6 nitrogen and oxygen atoms in total. The highest BCUT2D eigenvalue weighted by Gasteiger charge is 2.45. The van der Waals surface area contributed by atoms with Crippen LogP contribution in [-0.2, 0) is 4.79 Å². The van der Waals surface area contributed by atoms with E-state index in [9.17, 15) is 9.59 Å². The van der Waals surface area contributed by atoms with Gasteiger partial charge in [-0.25, -0.2) is 4.90 Å². The first-order valence-corrected chi connectivity index (χ1v) is 11.9. The molecule has 7 heteroatoms. The lowest BCUT2D eigenvalue weighted by Crippen LogP contribution is -2.61. The Bertz CT molecular complexity index is 1390. The number of nitrogens with zero attached hydrogens (tertiary/aromatic N) is 3. The average molecular weight is 444 g/mol. The van der Waals surface area contributed by atoms with E-state index in [1.54, 1.807) is 4.68 Å². The second-order valence-electron chi connectivity index (χ2n) is 7.73. The second kappa shape index (κ2) is 8.24. The Morgan fingerprint density at radius 1 is 1.09 bits per heavy atom. The van der Waals surface area contributed by atoms with Crippen LogP contribution in [0.1, 0.15) is 31.5 Å². The Hall–Kier alpha value is -3.45. The minimum Gasteiger partial charge on any atom is -0.291 e. The molecule has 0 unspecified atom stereocenters. The van der Waals surface area contributed by atoms with E-state index in [1.165, 1.54) is 11.8 Å². The van der Waals surface area contributed by atoms with Crippen LogP contribution in [0.3, 0.4) is 0 Å². The fraction of sp³-hybridized carbons (Fsp3) is 0.200. The van der Waals surface area contributed by atoms with Gasteiger partial charge in [0.2, 0.25) is 11.1 Å². The molecule has 0 fully saturated rings. The normalized spacial score (nSPS) is 14.8. The summed E-state index contributed by atoms with van der Waals surface area (Å²) in [5.41, 5.74) is 2.60. The van der Waals surface area contributed by atoms with E-state index in [-0.39, 0.29) is 11.5 Å². The van der Waals surface area contributed by atoms with E-state index in [4.69, 9.17) is 5.10 Å². The zero-order chi connectivity index (χ0) is 22.2. The van der Waals surface area contributed by atoms with Crippen LogP contribution in [0.25, 0.3) is 22.0 Å². The fourth-order valence-electron chi connectivity index (χ4n) is 4.42. The van der Waals surface area contributed by atoms with Crippen molar-refractivity contribution in [2.75, 3.05) is 11.2 Å². The molecule has 1 amide bonds. The van der Waals surface area contributed by atoms with Crippen molar-refractivity contribution in [2.24, 2.45) is 0 Å². The smallest absolute Gasteiger partial charge is 0.291 e. The van der Waals surface area contributed by atoms with Crippen LogP contribution in [0.5, 0.6) is 0 Å². The van der Waals surface area contributed by atoms with Crippen LogP contribution in [0.2, 0.25) is 0 Å². The number of carbonyl (C=O) groups excluding carboxylic acids is 1. The molecular weight excluding hydrogens is 420 g/mol. The molecule has 5 rings (SSSR count). The van der Waals surface area contributed by atoms with Crippen molar-refractivity contribution >= 4 is 34.1 Å². The molecule has 1 aliphatic heterocycles. The maximum Gasteiger partial charge on any atom is 0.325 e. The molecule has 1 N–H and O–H groups in total. The number of benzene rings is 3. The number of anilines is 1. The number of aromatic nitrogens is 3. The second-order valence-corrected chi connectivity index (χ2v) is 8.52. The number of amides is 1. The molecule has 160 valence electrons. The van der Waals surface area contributed by atoms with Crippen LogP contribution in [-0.4, -0.2) is 22.2 Å². The number of fused-ring (bicyclic) bond motifs is 4. The summed E-state index contributed by atoms with van der Waals surface area (Å²) in [4.78, 5) is 31.4. The van der Waals surface area contributed by atoms with Gasteiger partial charge in [0.05, 0.1) is 16.8 Å². The van der Waals surface area contributed by atoms with Gasteiger partial charge >= 0.3 is 11.3 Å². The maximum absolute atomic E-state index is 13.5. The number of carbonyl (C=O) groups is 1. The zero-order valence-electron chi connectivity index (χ0n) is 17.9. The highest BCUT2D eigenvalue weighted by molar-refractivity contribution is 7.98. The predicted molar refractivity (Wildman–Crippen MR) is 127 cm³/mol. The van der Waals surface area contributed by atoms with Gasteiger partial charge < -0.3 is 0 Å². The molecule has 0 saturated carbocycles. The topological polar surface area (TPSA) is 69.9 Å². The van der Waals surface area contributed by atoms with Gasteiger partial charge in [-0.3, -0.25) is 14.6 Å². The van der Waals surface area contributed by atoms with Crippen LogP contribution in [0.15, 0.2) is 76.7 Å². The van der Waals surface area contributed by atoms with Crippen molar-refractivity contribution < 1.29 is 9.48 Å². The molecule has 4 aromatic rings. The molecule has 32 heavy (non-hydrogen) atoms. The first-order chi connectivity index (χ1) is 15.6. The van der Waals surface area contributed by atoms with Gasteiger partial charge in [0.15, 0.2) is 0 Å². The Morgan fingerprint density at radius 2 is 1.84 bits per heavy atom. The summed E-state index contributed by atoms with van der Waals surface area (Å²) in [5.74, 6) is 0.00353. The number of hydrogen-bond donors (Lipinski definition) is 1. The van der Waals surface area contributed by atoms with E-state index in [0.717, 1.165) is 28.4 Å². The molecule has 0 radical (unpaired) electrons. The highest BCUT2D eigenvalue weighted by atomic mass is 32.2. The third-order valence-electron chi connectivity index (χ3n) is 5.79. The minimum absolute atomic E-state index is 0.00353. The molecule has 1 aliphatic rings. The number of rotatable bonds is 4. The molecule has 0 aliphatic carbocycles. The van der Waals surface area contributed by atoms with E-state index < -0.39 is 6.17 Å². The summed E-state index contributed by atoms with van der Waals surface area (Å²) in [6.45, 7) is 2.00. The van der Waals surface area contributed by atoms with E-state index >= 15 is 0 Å². The van der Waals surface area contributed by atoms with Crippen molar-refractivity contribution in [1.29, 1.82) is 0 Å². The minimum atomic E-state index is -0.571. The first kappa shape index (κ1) is 20.5. The van der Waals surface area contributed by atoms with Crippen LogP contribution in [0, 0.1) is 0 Å². The van der Waals surface area contributed by atoms with E-state index in [2.05, 4.69) is 23.2 Å². The van der Waals surface area contributed by atoms with Crippen molar-refractivity contribution in [3.05, 3.63) is 82.6 Å². The summed E-state index contributed by atoms with van der Waals surface area (Å²) in [6.07, 6.45) is 2.44. The number of nitrogens with one attached hydrogen (secondary N) is 1. The summed E-state index contributed by atoms with van der Waals surface area (Å²) in [7, 11) is 0. The van der Waals surface area contributed by atoms with Gasteiger partial charge in [-0.15, -0.1) is 0 Å². The lowest BCUT2D eigenvalue weighted by Gasteiger charge is -2.32. The largest absolute Gasteiger partial charge is 0.325 e. The monoisotopic (exact) mass is 443 g/mol. The Balaban J connectivity index is 1.89. The number of para-hydroxylation sites is 1. The molecule has 3 aromatic carbocycles. The Morgan fingerprint density at radius 3 is 2.66 bits per heavy atom. The maximum atomic E-state index is 13.5. The Kier molecular flexibility index (Phi) is 5.27. The Labute approximate surface area is 189 Å². The first-order valence-electron chi connectivity index (χ1n) is 10.6. The summed E-state index contributed by atoms with van der Waals surface area (Å²) in [5, 5.41) is 7.39. The molecule has 2 heterocycles. The molecule has 1 aromatic heterocycles. The number of aromatic amines is 1. The van der Waals surface area contributed by atoms with Crippen LogP contribution < -0.4 is 15.1 Å². The molecular formula is C25H23N4O2S+. The van der Waals surface area contributed by atoms with Crippen molar-refractivity contribution in [3.8, 4) is 11.3 Å². The average Bonchev–Trinajstić information content (AvgIpc) is 2.82. The lowest BCUT2D eigenvalue weighted by atomic mass is 9.97. The SMILES string of the molecule is CCCC(=O)N1c2ccccc2-c2c(=O)[nH]c(SC)n[n+]2[C@H]1c1cccc2ccccc12. The van der Waals surface area contributed by atoms with Gasteiger partial charge in [-0.1, -0.05) is 67.2 Å². The van der Waals surface area contributed by atoms with Gasteiger partial charge in [0.1, 0.15) is 0 Å². The van der Waals surface area contributed by atoms with Crippen LogP contribution >= 0.6 is 11.8 Å². The number of thioether (sulfide) groups is 1. The highest BCUT2D eigenvalue weighted by Crippen LogP contribution is 2.39. The molecule has 1 atom stereocenters. The standard InChI is InChI=1S/C25H22N4O2S/c1-3-9-21(30)28-20-15-7-6-13-19(20)22-23(31)26-25(32-2)27-29(22)24(28)18-14-8-11-16-10-4-5-12-17(16)18/h4-8,10-15,24H,3,9H2,1-2H3/p+1/t24-/m0/s1. The van der Waals surface area contributed by atoms with E-state index in [1.807, 2.05) is 66.6 Å². The fourth-order valence-corrected chi connectivity index (χ4v) is 4.79. The van der Waals surface area contributed by atoms with Crippen LogP contribution in [0.4, 0.5) is 5.69 Å². The van der Waals surface area contributed by atoms with Crippen molar-refractivity contribution in [1.82, 2.24) is 10.1 Å². The summed E-state index contributed by atoms with van der Waals surface area (Å²) >= 11 is 1.37. The van der Waals surface area contributed by atoms with Gasteiger partial charge in [-0.05, 0) is 46.3 Å². The van der Waals surface area contributed by atoms with Gasteiger partial charge in [0, 0.05) is 11.5 Å². The zero-order valence-corrected chi connectivity index (χ0v) is 18.7. The third kappa shape index (κ3) is 3.20. The summed E-state index contributed by atoms with van der Waals surface area (Å²) < 4.78 is 1.72. The third-order valence-corrected chi connectivity index (χ3v) is 6.36. The van der Waals surface area contributed by atoms with Gasteiger partial charge in [0.25, 0.3) is 6.17 Å². The van der Waals surface area contributed by atoms with Crippen molar-refractivity contribution in [2.45, 2.75) is 31.1 Å². The quantitative estimate of drug-likeness (QED) is 0.377. The summed E-state index contributed by atoms with van der Waals surface area (Å²) in [6, 6.07) is 21.7. The molecule has 0 bridgehead atoms. The lowest BCUT2D eigenvalue weighted by molar-refractivity contribution is -0.762. The number of H-pyrrole nitrogens is 1.